The molecule has 0 bridgehead atoms. The number of imide groups is 1. The molecule has 1 aliphatic heterocycles. The smallest absolute Gasteiger partial charge is 0.254 e. The zero-order valence-corrected chi connectivity index (χ0v) is 16.6. The van der Waals surface area contributed by atoms with E-state index < -0.39 is 0 Å². The summed E-state index contributed by atoms with van der Waals surface area (Å²) in [7, 11) is 0. The molecular weight excluding hydrogens is 380 g/mol. The molecule has 8 heteroatoms. The number of hydrogen-bond acceptors (Lipinski definition) is 6. The molecule has 1 saturated heterocycles. The molecule has 1 saturated carbocycles. The number of amides is 2. The highest BCUT2D eigenvalue weighted by Gasteiger charge is 2.26. The largest absolute Gasteiger partial charge is 0.367 e. The highest BCUT2D eigenvalue weighted by Crippen LogP contribution is 2.29. The van der Waals surface area contributed by atoms with E-state index in [1.54, 1.807) is 16.8 Å². The molecule has 3 aromatic rings. The van der Waals surface area contributed by atoms with Crippen molar-refractivity contribution >= 4 is 35.2 Å². The lowest BCUT2D eigenvalue weighted by Crippen LogP contribution is -2.19. The summed E-state index contributed by atoms with van der Waals surface area (Å²) in [6, 6.07) is 12.6. The third-order valence-electron chi connectivity index (χ3n) is 5.32. The Bertz CT molecular complexity index is 1160. The van der Waals surface area contributed by atoms with Gasteiger partial charge in [-0.05, 0) is 31.4 Å². The van der Waals surface area contributed by atoms with Crippen LogP contribution in [-0.2, 0) is 9.59 Å². The van der Waals surface area contributed by atoms with Crippen molar-refractivity contribution in [3.05, 3.63) is 59.3 Å². The summed E-state index contributed by atoms with van der Waals surface area (Å²) in [5.74, 6) is 0.921. The van der Waals surface area contributed by atoms with Crippen molar-refractivity contribution in [1.29, 1.82) is 0 Å². The van der Waals surface area contributed by atoms with Crippen molar-refractivity contribution in [2.75, 3.05) is 10.6 Å². The van der Waals surface area contributed by atoms with Gasteiger partial charge in [0.2, 0.25) is 5.91 Å². The van der Waals surface area contributed by atoms with Crippen LogP contribution in [0.3, 0.4) is 0 Å². The van der Waals surface area contributed by atoms with Gasteiger partial charge in [0.1, 0.15) is 11.6 Å². The van der Waals surface area contributed by atoms with Crippen LogP contribution in [0.1, 0.15) is 43.4 Å². The first-order valence-corrected chi connectivity index (χ1v) is 10.1. The van der Waals surface area contributed by atoms with Gasteiger partial charge in [0.05, 0.1) is 12.6 Å². The number of benzene rings is 1. The maximum atomic E-state index is 12.0. The molecule has 0 spiro atoms. The van der Waals surface area contributed by atoms with Crippen molar-refractivity contribution in [3.63, 3.8) is 0 Å². The maximum Gasteiger partial charge on any atom is 0.254 e. The van der Waals surface area contributed by atoms with Gasteiger partial charge < -0.3 is 10.6 Å². The van der Waals surface area contributed by atoms with E-state index >= 15 is 0 Å². The zero-order chi connectivity index (χ0) is 20.7. The minimum atomic E-state index is -0.359. The Morgan fingerprint density at radius 3 is 2.73 bits per heavy atom. The van der Waals surface area contributed by atoms with Gasteiger partial charge in [-0.25, -0.2) is 4.98 Å². The SMILES string of the molecule is C[C@@H](Nc1cc(NC2CC2)n2ncc(/C=C3\CC(=O)NC3=O)c2n1)c1ccccc1. The molecule has 3 N–H and O–H groups in total. The Morgan fingerprint density at radius 1 is 1.23 bits per heavy atom. The van der Waals surface area contributed by atoms with Crippen molar-refractivity contribution in [3.8, 4) is 0 Å². The molecule has 1 aliphatic carbocycles. The number of carbonyl (C=O) groups is 2. The van der Waals surface area contributed by atoms with Gasteiger partial charge in [-0.2, -0.15) is 9.61 Å². The van der Waals surface area contributed by atoms with Crippen LogP contribution in [0, 0.1) is 0 Å². The topological polar surface area (TPSA) is 100 Å². The number of anilines is 2. The molecule has 2 amide bonds. The Balaban J connectivity index is 1.53. The van der Waals surface area contributed by atoms with E-state index in [1.807, 2.05) is 24.3 Å². The van der Waals surface area contributed by atoms with Crippen LogP contribution in [0.15, 0.2) is 48.2 Å². The molecule has 0 radical (unpaired) electrons. The van der Waals surface area contributed by atoms with E-state index in [4.69, 9.17) is 4.98 Å². The minimum absolute atomic E-state index is 0.0675. The van der Waals surface area contributed by atoms with Gasteiger partial charge in [-0.3, -0.25) is 14.9 Å². The van der Waals surface area contributed by atoms with E-state index in [1.165, 1.54) is 0 Å². The van der Waals surface area contributed by atoms with Crippen LogP contribution in [0.25, 0.3) is 11.7 Å². The first-order valence-electron chi connectivity index (χ1n) is 10.1. The predicted octanol–water partition coefficient (Wildman–Crippen LogP) is 2.91. The van der Waals surface area contributed by atoms with E-state index in [0.717, 1.165) is 24.2 Å². The second-order valence-corrected chi connectivity index (χ2v) is 7.78. The first kappa shape index (κ1) is 18.4. The summed E-state index contributed by atoms with van der Waals surface area (Å²) in [4.78, 5) is 28.2. The molecule has 1 aromatic carbocycles. The third-order valence-corrected chi connectivity index (χ3v) is 5.32. The van der Waals surface area contributed by atoms with Crippen LogP contribution in [-0.4, -0.2) is 32.5 Å². The Hall–Kier alpha value is -3.68. The van der Waals surface area contributed by atoms with Crippen LogP contribution in [0.5, 0.6) is 0 Å². The first-order chi connectivity index (χ1) is 14.6. The summed E-state index contributed by atoms with van der Waals surface area (Å²) in [5.41, 5.74) is 2.91. The Labute approximate surface area is 173 Å². The lowest BCUT2D eigenvalue weighted by molar-refractivity contribution is -0.124. The number of hydrogen-bond donors (Lipinski definition) is 3. The molecule has 3 heterocycles. The summed E-state index contributed by atoms with van der Waals surface area (Å²) < 4.78 is 1.75. The number of nitrogens with one attached hydrogen (secondary N) is 3. The molecule has 5 rings (SSSR count). The van der Waals surface area contributed by atoms with Gasteiger partial charge in [0, 0.05) is 29.3 Å². The average molecular weight is 402 g/mol. The van der Waals surface area contributed by atoms with Crippen molar-refractivity contribution in [2.45, 2.75) is 38.3 Å². The third kappa shape index (κ3) is 3.63. The molecule has 8 nitrogen and oxygen atoms in total. The van der Waals surface area contributed by atoms with Crippen LogP contribution < -0.4 is 16.0 Å². The molecule has 30 heavy (non-hydrogen) atoms. The fourth-order valence-electron chi connectivity index (χ4n) is 3.55. The van der Waals surface area contributed by atoms with Crippen LogP contribution in [0.2, 0.25) is 0 Å². The molecule has 2 fully saturated rings. The number of fused-ring (bicyclic) bond motifs is 1. The quantitative estimate of drug-likeness (QED) is 0.433. The summed E-state index contributed by atoms with van der Waals surface area (Å²) >= 11 is 0. The van der Waals surface area contributed by atoms with E-state index in [0.29, 0.717) is 28.6 Å². The van der Waals surface area contributed by atoms with Gasteiger partial charge in [-0.1, -0.05) is 30.3 Å². The normalized spacial score (nSPS) is 18.6. The lowest BCUT2D eigenvalue weighted by atomic mass is 10.1. The number of nitrogens with zero attached hydrogens (tertiary/aromatic N) is 3. The van der Waals surface area contributed by atoms with Crippen LogP contribution >= 0.6 is 0 Å². The van der Waals surface area contributed by atoms with E-state index in [-0.39, 0.29) is 24.3 Å². The standard InChI is InChI=1S/C22H22N6O2/c1-13(14-5-3-2-4-6-14)24-18-11-19(25-17-7-8-17)28-21(26-18)16(12-23-28)9-15-10-20(29)27-22(15)30/h2-6,9,11-13,17,25H,7-8,10H2,1H3,(H,24,26)(H,27,29,30)/b15-9+/t13-/m1/s1. The molecular formula is C22H22N6O2. The minimum Gasteiger partial charge on any atom is -0.367 e. The predicted molar refractivity (Wildman–Crippen MR) is 114 cm³/mol. The number of aromatic nitrogens is 3. The summed E-state index contributed by atoms with van der Waals surface area (Å²) in [5, 5.41) is 13.7. The van der Waals surface area contributed by atoms with E-state index in [2.05, 4.69) is 40.1 Å². The van der Waals surface area contributed by atoms with Crippen LogP contribution in [0.4, 0.5) is 11.6 Å². The fourth-order valence-corrected chi connectivity index (χ4v) is 3.55. The molecule has 152 valence electrons. The fraction of sp³-hybridized carbons (Fsp3) is 0.273. The van der Waals surface area contributed by atoms with Crippen molar-refractivity contribution in [2.24, 2.45) is 0 Å². The lowest BCUT2D eigenvalue weighted by Gasteiger charge is -2.17. The second-order valence-electron chi connectivity index (χ2n) is 7.78. The van der Waals surface area contributed by atoms with E-state index in [9.17, 15) is 9.59 Å². The molecule has 2 aliphatic rings. The highest BCUT2D eigenvalue weighted by atomic mass is 16.2. The van der Waals surface area contributed by atoms with Gasteiger partial charge in [0.15, 0.2) is 5.65 Å². The van der Waals surface area contributed by atoms with Gasteiger partial charge in [0.25, 0.3) is 5.91 Å². The average Bonchev–Trinajstić information content (AvgIpc) is 3.37. The highest BCUT2D eigenvalue weighted by molar-refractivity contribution is 6.15. The summed E-state index contributed by atoms with van der Waals surface area (Å²) in [6.07, 6.45) is 5.71. The zero-order valence-electron chi connectivity index (χ0n) is 16.6. The Morgan fingerprint density at radius 2 is 2.03 bits per heavy atom. The maximum absolute atomic E-state index is 12.0. The van der Waals surface area contributed by atoms with Crippen molar-refractivity contribution < 1.29 is 9.59 Å². The second kappa shape index (κ2) is 7.29. The van der Waals surface area contributed by atoms with Gasteiger partial charge in [-0.15, -0.1) is 0 Å². The molecule has 0 unspecified atom stereocenters. The monoisotopic (exact) mass is 402 g/mol. The van der Waals surface area contributed by atoms with Crippen molar-refractivity contribution in [1.82, 2.24) is 19.9 Å². The number of carbonyl (C=O) groups excluding carboxylic acids is 2. The van der Waals surface area contributed by atoms with Gasteiger partial charge >= 0.3 is 0 Å². The molecule has 1 atom stereocenters. The number of rotatable bonds is 6. The Kier molecular flexibility index (Phi) is 4.46. The molecule has 2 aromatic heterocycles. The summed E-state index contributed by atoms with van der Waals surface area (Å²) in [6.45, 7) is 2.09.